The summed E-state index contributed by atoms with van der Waals surface area (Å²) in [6.07, 6.45) is 0.968. The number of pyridine rings is 1. The monoisotopic (exact) mass is 438 g/mol. The third kappa shape index (κ3) is 6.53. The van der Waals surface area contributed by atoms with Crippen molar-refractivity contribution >= 4 is 17.7 Å². The number of carbonyl (C=O) groups excluding carboxylic acids is 2. The molecule has 7 nitrogen and oxygen atoms in total. The van der Waals surface area contributed by atoms with Gasteiger partial charge in [0, 0.05) is 6.20 Å². The average molecular weight is 438 g/mol. The third-order valence-corrected chi connectivity index (χ3v) is 4.49. The minimum Gasteiger partial charge on any atom is -0.465 e. The van der Waals surface area contributed by atoms with Crippen molar-refractivity contribution in [3.8, 4) is 0 Å². The highest BCUT2D eigenvalue weighted by Crippen LogP contribution is 2.14. The van der Waals surface area contributed by atoms with Gasteiger partial charge in [-0.2, -0.15) is 0 Å². The van der Waals surface area contributed by atoms with Crippen LogP contribution in [-0.4, -0.2) is 23.2 Å². The number of nitrogens with zero attached hydrogens (tertiary/aromatic N) is 1. The predicted molar refractivity (Wildman–Crippen MR) is 117 cm³/mol. The number of carbonyl (C=O) groups is 2. The number of hydrogen-bond donors (Lipinski definition) is 1. The van der Waals surface area contributed by atoms with Crippen LogP contribution < -0.4 is 10.9 Å². The standard InChI is InChI=1S/C24H23FN2O5/c1-2-31-22(28)15-27-14-19(11-18-9-6-10-20(25)12-18)13-21(23(27)29)26-24(30)32-16-17-7-4-3-5-8-17/h3-10,12-14H,2,11,15-16H2,1H3,(H,26,30). The molecule has 2 aromatic carbocycles. The molecule has 1 heterocycles. The Balaban J connectivity index is 1.82. The minimum atomic E-state index is -0.809. The predicted octanol–water partition coefficient (Wildman–Crippen LogP) is 3.89. The first-order valence-electron chi connectivity index (χ1n) is 10.1. The summed E-state index contributed by atoms with van der Waals surface area (Å²) in [6, 6.07) is 16.6. The molecule has 1 aromatic heterocycles. The van der Waals surface area contributed by atoms with Crippen LogP contribution in [0.15, 0.2) is 71.7 Å². The summed E-state index contributed by atoms with van der Waals surface area (Å²) < 4.78 is 24.8. The van der Waals surface area contributed by atoms with Crippen LogP contribution in [0.4, 0.5) is 14.9 Å². The topological polar surface area (TPSA) is 86.6 Å². The van der Waals surface area contributed by atoms with Crippen molar-refractivity contribution in [1.29, 1.82) is 0 Å². The van der Waals surface area contributed by atoms with Gasteiger partial charge in [0.2, 0.25) is 0 Å². The van der Waals surface area contributed by atoms with Crippen molar-refractivity contribution in [2.45, 2.75) is 26.5 Å². The van der Waals surface area contributed by atoms with E-state index in [1.807, 2.05) is 18.2 Å². The Morgan fingerprint density at radius 1 is 0.969 bits per heavy atom. The van der Waals surface area contributed by atoms with Gasteiger partial charge in [-0.05, 0) is 48.2 Å². The lowest BCUT2D eigenvalue weighted by Crippen LogP contribution is -2.29. The zero-order valence-electron chi connectivity index (χ0n) is 17.5. The molecular weight excluding hydrogens is 415 g/mol. The van der Waals surface area contributed by atoms with Crippen molar-refractivity contribution < 1.29 is 23.5 Å². The number of ether oxygens (including phenoxy) is 2. The van der Waals surface area contributed by atoms with Crippen LogP contribution in [0.25, 0.3) is 0 Å². The number of rotatable bonds is 8. The normalized spacial score (nSPS) is 10.4. The first kappa shape index (κ1) is 22.7. The highest BCUT2D eigenvalue weighted by molar-refractivity contribution is 5.84. The second-order valence-corrected chi connectivity index (χ2v) is 6.99. The number of hydrogen-bond acceptors (Lipinski definition) is 5. The van der Waals surface area contributed by atoms with E-state index in [0.717, 1.165) is 10.1 Å². The molecule has 0 spiro atoms. The molecule has 32 heavy (non-hydrogen) atoms. The van der Waals surface area contributed by atoms with Crippen molar-refractivity contribution in [3.63, 3.8) is 0 Å². The summed E-state index contributed by atoms with van der Waals surface area (Å²) in [7, 11) is 0. The first-order chi connectivity index (χ1) is 15.4. The number of anilines is 1. The van der Waals surface area contributed by atoms with Gasteiger partial charge >= 0.3 is 12.1 Å². The van der Waals surface area contributed by atoms with Crippen molar-refractivity contribution in [1.82, 2.24) is 4.57 Å². The Bertz CT molecular complexity index is 1140. The summed E-state index contributed by atoms with van der Waals surface area (Å²) in [5.74, 6) is -0.972. The van der Waals surface area contributed by atoms with E-state index in [1.165, 1.54) is 24.4 Å². The Kier molecular flexibility index (Phi) is 7.75. The number of aromatic nitrogens is 1. The van der Waals surface area contributed by atoms with Gasteiger partial charge < -0.3 is 14.0 Å². The van der Waals surface area contributed by atoms with Gasteiger partial charge in [-0.3, -0.25) is 14.9 Å². The molecule has 1 N–H and O–H groups in total. The smallest absolute Gasteiger partial charge is 0.412 e. The first-order valence-corrected chi connectivity index (χ1v) is 10.1. The number of halogens is 1. The molecule has 0 fully saturated rings. The summed E-state index contributed by atoms with van der Waals surface area (Å²) in [6.45, 7) is 1.55. The average Bonchev–Trinajstić information content (AvgIpc) is 2.76. The van der Waals surface area contributed by atoms with Gasteiger partial charge in [0.15, 0.2) is 0 Å². The zero-order chi connectivity index (χ0) is 22.9. The molecule has 166 valence electrons. The molecule has 0 aliphatic heterocycles. The third-order valence-electron chi connectivity index (χ3n) is 4.49. The largest absolute Gasteiger partial charge is 0.465 e. The Labute approximate surface area is 184 Å². The number of esters is 1. The van der Waals surface area contributed by atoms with Gasteiger partial charge in [-0.15, -0.1) is 0 Å². The van der Waals surface area contributed by atoms with E-state index in [0.29, 0.717) is 11.1 Å². The second kappa shape index (κ2) is 10.9. The molecule has 1 amide bonds. The van der Waals surface area contributed by atoms with E-state index < -0.39 is 17.6 Å². The molecule has 0 atom stereocenters. The highest BCUT2D eigenvalue weighted by atomic mass is 19.1. The minimum absolute atomic E-state index is 0.0344. The van der Waals surface area contributed by atoms with Gasteiger partial charge in [0.1, 0.15) is 24.7 Å². The lowest BCUT2D eigenvalue weighted by atomic mass is 10.1. The summed E-state index contributed by atoms with van der Waals surface area (Å²) >= 11 is 0. The highest BCUT2D eigenvalue weighted by Gasteiger charge is 2.14. The lowest BCUT2D eigenvalue weighted by molar-refractivity contribution is -0.143. The van der Waals surface area contributed by atoms with Crippen LogP contribution in [0.3, 0.4) is 0 Å². The van der Waals surface area contributed by atoms with E-state index >= 15 is 0 Å². The van der Waals surface area contributed by atoms with Gasteiger partial charge in [-0.25, -0.2) is 9.18 Å². The fourth-order valence-corrected chi connectivity index (χ4v) is 3.10. The molecule has 0 aliphatic rings. The maximum Gasteiger partial charge on any atom is 0.412 e. The van der Waals surface area contributed by atoms with E-state index in [4.69, 9.17) is 9.47 Å². The SMILES string of the molecule is CCOC(=O)Cn1cc(Cc2cccc(F)c2)cc(NC(=O)OCc2ccccc2)c1=O. The summed E-state index contributed by atoms with van der Waals surface area (Å²) in [5, 5.41) is 2.44. The Hall–Kier alpha value is -3.94. The Morgan fingerprint density at radius 3 is 2.44 bits per heavy atom. The molecule has 8 heteroatoms. The molecule has 3 aromatic rings. The Morgan fingerprint density at radius 2 is 1.72 bits per heavy atom. The van der Waals surface area contributed by atoms with Crippen LogP contribution >= 0.6 is 0 Å². The molecule has 0 unspecified atom stereocenters. The molecule has 0 aliphatic carbocycles. The summed E-state index contributed by atoms with van der Waals surface area (Å²) in [4.78, 5) is 37.0. The summed E-state index contributed by atoms with van der Waals surface area (Å²) in [5.41, 5.74) is 1.42. The fourth-order valence-electron chi connectivity index (χ4n) is 3.10. The van der Waals surface area contributed by atoms with Gasteiger partial charge in [0.05, 0.1) is 6.61 Å². The zero-order valence-corrected chi connectivity index (χ0v) is 17.5. The molecule has 0 saturated carbocycles. The number of benzene rings is 2. The van der Waals surface area contributed by atoms with Crippen LogP contribution in [0.5, 0.6) is 0 Å². The molecule has 0 bridgehead atoms. The van der Waals surface area contributed by atoms with Crippen LogP contribution in [0.1, 0.15) is 23.6 Å². The number of nitrogens with one attached hydrogen (secondary N) is 1. The van der Waals surface area contributed by atoms with Crippen LogP contribution in [0, 0.1) is 5.82 Å². The maximum atomic E-state index is 13.6. The fraction of sp³-hybridized carbons (Fsp3) is 0.208. The van der Waals surface area contributed by atoms with E-state index in [-0.39, 0.29) is 37.7 Å². The van der Waals surface area contributed by atoms with Crippen LogP contribution in [-0.2, 0) is 33.8 Å². The number of amides is 1. The molecule has 0 saturated heterocycles. The van der Waals surface area contributed by atoms with Gasteiger partial charge in [-0.1, -0.05) is 42.5 Å². The van der Waals surface area contributed by atoms with E-state index in [9.17, 15) is 18.8 Å². The molecule has 0 radical (unpaired) electrons. The van der Waals surface area contributed by atoms with Crippen LogP contribution in [0.2, 0.25) is 0 Å². The van der Waals surface area contributed by atoms with E-state index in [2.05, 4.69) is 5.32 Å². The van der Waals surface area contributed by atoms with E-state index in [1.54, 1.807) is 31.2 Å². The maximum absolute atomic E-state index is 13.6. The quantitative estimate of drug-likeness (QED) is 0.539. The molecular formula is C24H23FN2O5. The van der Waals surface area contributed by atoms with Gasteiger partial charge in [0.25, 0.3) is 5.56 Å². The lowest BCUT2D eigenvalue weighted by Gasteiger charge is -2.13. The van der Waals surface area contributed by atoms with Crippen molar-refractivity contribution in [3.05, 3.63) is 99.7 Å². The van der Waals surface area contributed by atoms with Crippen molar-refractivity contribution in [2.75, 3.05) is 11.9 Å². The molecule has 3 rings (SSSR count). The van der Waals surface area contributed by atoms with Crippen molar-refractivity contribution in [2.24, 2.45) is 0 Å². The second-order valence-electron chi connectivity index (χ2n) is 6.99.